The first-order valence-corrected chi connectivity index (χ1v) is 6.34. The molecule has 0 N–H and O–H groups in total. The maximum Gasteiger partial charge on any atom is 0.322 e. The SMILES string of the molecule is BOC(=C(C#N)c1ccccc1)c1c(C)nn(C)c1C. The van der Waals surface area contributed by atoms with E-state index in [9.17, 15) is 5.26 Å². The molecule has 20 heavy (non-hydrogen) atoms. The third kappa shape index (κ3) is 2.33. The Morgan fingerprint density at radius 1 is 1.30 bits per heavy atom. The van der Waals surface area contributed by atoms with Gasteiger partial charge in [0.05, 0.1) is 11.3 Å². The fourth-order valence-corrected chi connectivity index (χ4v) is 2.28. The Labute approximate surface area is 119 Å². The summed E-state index contributed by atoms with van der Waals surface area (Å²) in [5.41, 5.74) is 4.07. The number of allylic oxidation sites excluding steroid dienone is 1. The van der Waals surface area contributed by atoms with Gasteiger partial charge in [0.25, 0.3) is 0 Å². The van der Waals surface area contributed by atoms with E-state index in [1.807, 2.05) is 51.2 Å². The molecule has 1 aromatic heterocycles. The van der Waals surface area contributed by atoms with Crippen LogP contribution in [0.2, 0.25) is 0 Å². The average Bonchev–Trinajstić information content (AvgIpc) is 2.71. The molecule has 0 amide bonds. The minimum Gasteiger partial charge on any atom is -0.566 e. The fraction of sp³-hybridized carbons (Fsp3) is 0.200. The van der Waals surface area contributed by atoms with E-state index < -0.39 is 0 Å². The van der Waals surface area contributed by atoms with Gasteiger partial charge in [-0.15, -0.1) is 0 Å². The van der Waals surface area contributed by atoms with Gasteiger partial charge in [-0.1, -0.05) is 30.3 Å². The second kappa shape index (κ2) is 5.66. The molecular formula is C15H16BN3O. The quantitative estimate of drug-likeness (QED) is 0.484. The van der Waals surface area contributed by atoms with Crippen molar-refractivity contribution in [3.05, 3.63) is 52.8 Å². The normalized spacial score (nSPS) is 11.7. The van der Waals surface area contributed by atoms with Crippen LogP contribution in [0.5, 0.6) is 0 Å². The largest absolute Gasteiger partial charge is 0.566 e. The van der Waals surface area contributed by atoms with Crippen LogP contribution in [0.1, 0.15) is 22.5 Å². The first kappa shape index (κ1) is 13.9. The van der Waals surface area contributed by atoms with Crippen molar-refractivity contribution in [3.8, 4) is 6.07 Å². The average molecular weight is 265 g/mol. The molecule has 0 saturated carbocycles. The Kier molecular flexibility index (Phi) is 3.95. The van der Waals surface area contributed by atoms with Gasteiger partial charge in [-0.3, -0.25) is 4.68 Å². The Hall–Kier alpha value is -2.48. The Balaban J connectivity index is 2.72. The lowest BCUT2D eigenvalue weighted by Crippen LogP contribution is -1.98. The minimum atomic E-state index is 0.521. The van der Waals surface area contributed by atoms with Crippen LogP contribution in [-0.4, -0.2) is 17.8 Å². The number of hydrogen-bond acceptors (Lipinski definition) is 3. The number of rotatable bonds is 3. The minimum absolute atomic E-state index is 0.521. The Bertz CT molecular complexity index is 696. The van der Waals surface area contributed by atoms with E-state index >= 15 is 0 Å². The molecule has 1 heterocycles. The van der Waals surface area contributed by atoms with Crippen LogP contribution in [0, 0.1) is 25.2 Å². The number of nitriles is 1. The molecule has 0 fully saturated rings. The zero-order valence-electron chi connectivity index (χ0n) is 12.1. The van der Waals surface area contributed by atoms with Crippen LogP contribution in [0.15, 0.2) is 30.3 Å². The predicted molar refractivity (Wildman–Crippen MR) is 81.2 cm³/mol. The highest BCUT2D eigenvalue weighted by Crippen LogP contribution is 2.30. The van der Waals surface area contributed by atoms with Gasteiger partial charge in [0.15, 0.2) is 0 Å². The lowest BCUT2D eigenvalue weighted by atomic mass is 10.0. The van der Waals surface area contributed by atoms with Crippen molar-refractivity contribution in [2.24, 2.45) is 7.05 Å². The van der Waals surface area contributed by atoms with Gasteiger partial charge in [0.2, 0.25) is 0 Å². The Morgan fingerprint density at radius 2 is 1.95 bits per heavy atom. The van der Waals surface area contributed by atoms with Crippen LogP contribution < -0.4 is 0 Å². The molecule has 0 spiro atoms. The summed E-state index contributed by atoms with van der Waals surface area (Å²) >= 11 is 0. The summed E-state index contributed by atoms with van der Waals surface area (Å²) in [4.78, 5) is 0. The smallest absolute Gasteiger partial charge is 0.322 e. The maximum absolute atomic E-state index is 9.52. The number of aromatic nitrogens is 2. The summed E-state index contributed by atoms with van der Waals surface area (Å²) in [5, 5.41) is 13.9. The molecule has 0 aliphatic rings. The van der Waals surface area contributed by atoms with Crippen molar-refractivity contribution in [1.82, 2.24) is 9.78 Å². The predicted octanol–water partition coefficient (Wildman–Crippen LogP) is 1.99. The van der Waals surface area contributed by atoms with E-state index in [0.717, 1.165) is 22.5 Å². The second-order valence-electron chi connectivity index (χ2n) is 4.56. The highest BCUT2D eigenvalue weighted by atomic mass is 16.4. The molecule has 2 aromatic rings. The zero-order chi connectivity index (χ0) is 14.7. The molecule has 0 atom stereocenters. The lowest BCUT2D eigenvalue weighted by Gasteiger charge is -2.11. The van der Waals surface area contributed by atoms with Crippen LogP contribution in [0.3, 0.4) is 0 Å². The maximum atomic E-state index is 9.52. The summed E-state index contributed by atoms with van der Waals surface area (Å²) < 4.78 is 7.32. The van der Waals surface area contributed by atoms with Gasteiger partial charge in [0, 0.05) is 12.7 Å². The van der Waals surface area contributed by atoms with Gasteiger partial charge in [-0.05, 0) is 19.4 Å². The molecule has 0 bridgehead atoms. The number of nitrogens with zero attached hydrogens (tertiary/aromatic N) is 3. The molecule has 5 heteroatoms. The molecule has 0 radical (unpaired) electrons. The van der Waals surface area contributed by atoms with E-state index in [1.165, 1.54) is 0 Å². The van der Waals surface area contributed by atoms with Crippen molar-refractivity contribution >= 4 is 19.4 Å². The van der Waals surface area contributed by atoms with E-state index in [1.54, 1.807) is 12.7 Å². The molecular weight excluding hydrogens is 249 g/mol. The van der Waals surface area contributed by atoms with Crippen molar-refractivity contribution in [1.29, 1.82) is 5.26 Å². The molecule has 0 aliphatic carbocycles. The van der Waals surface area contributed by atoms with Crippen molar-refractivity contribution < 1.29 is 4.65 Å². The summed E-state index contributed by atoms with van der Waals surface area (Å²) in [5.74, 6) is 0.571. The number of benzene rings is 1. The third-order valence-electron chi connectivity index (χ3n) is 3.34. The van der Waals surface area contributed by atoms with Crippen LogP contribution >= 0.6 is 0 Å². The third-order valence-corrected chi connectivity index (χ3v) is 3.34. The number of hydrogen-bond donors (Lipinski definition) is 0. The van der Waals surface area contributed by atoms with Gasteiger partial charge >= 0.3 is 8.05 Å². The van der Waals surface area contributed by atoms with E-state index in [4.69, 9.17) is 4.65 Å². The molecule has 0 saturated heterocycles. The first-order chi connectivity index (χ1) is 9.60. The van der Waals surface area contributed by atoms with Crippen LogP contribution in [0.25, 0.3) is 11.3 Å². The summed E-state index contributed by atoms with van der Waals surface area (Å²) in [6.45, 7) is 3.88. The van der Waals surface area contributed by atoms with Crippen LogP contribution in [0.4, 0.5) is 0 Å². The van der Waals surface area contributed by atoms with Gasteiger partial charge in [0.1, 0.15) is 17.4 Å². The monoisotopic (exact) mass is 265 g/mol. The van der Waals surface area contributed by atoms with E-state index in [-0.39, 0.29) is 0 Å². The molecule has 100 valence electrons. The van der Waals surface area contributed by atoms with Crippen LogP contribution in [-0.2, 0) is 11.7 Å². The van der Waals surface area contributed by atoms with Gasteiger partial charge < -0.3 is 4.65 Å². The highest BCUT2D eigenvalue weighted by Gasteiger charge is 2.19. The van der Waals surface area contributed by atoms with E-state index in [2.05, 4.69) is 11.2 Å². The standard InChI is InChI=1S/C15H16BN3O/c1-10-14(11(2)19(3)18-10)15(20-16)13(9-17)12-7-5-4-6-8-12/h4-8H,16H2,1-3H3. The lowest BCUT2D eigenvalue weighted by molar-refractivity contribution is 0.573. The van der Waals surface area contributed by atoms with Crippen molar-refractivity contribution in [3.63, 3.8) is 0 Å². The van der Waals surface area contributed by atoms with Crippen molar-refractivity contribution in [2.45, 2.75) is 13.8 Å². The van der Waals surface area contributed by atoms with E-state index in [0.29, 0.717) is 11.3 Å². The molecule has 2 rings (SSSR count). The Morgan fingerprint density at radius 3 is 2.40 bits per heavy atom. The van der Waals surface area contributed by atoms with Gasteiger partial charge in [-0.2, -0.15) is 10.4 Å². The molecule has 0 unspecified atom stereocenters. The molecule has 4 nitrogen and oxygen atoms in total. The molecule has 0 aliphatic heterocycles. The van der Waals surface area contributed by atoms with Gasteiger partial charge in [-0.25, -0.2) is 0 Å². The first-order valence-electron chi connectivity index (χ1n) is 6.34. The highest BCUT2D eigenvalue weighted by molar-refractivity contribution is 6.07. The summed E-state index contributed by atoms with van der Waals surface area (Å²) in [6.07, 6.45) is 0. The second-order valence-corrected chi connectivity index (χ2v) is 4.56. The number of aryl methyl sites for hydroxylation is 2. The summed E-state index contributed by atoms with van der Waals surface area (Å²) in [7, 11) is 3.47. The topological polar surface area (TPSA) is 50.8 Å². The van der Waals surface area contributed by atoms with Crippen molar-refractivity contribution in [2.75, 3.05) is 0 Å². The zero-order valence-corrected chi connectivity index (χ0v) is 12.1. The molecule has 1 aromatic carbocycles. The fourth-order valence-electron chi connectivity index (χ4n) is 2.28. The summed E-state index contributed by atoms with van der Waals surface area (Å²) in [6, 6.07) is 11.8.